The Morgan fingerprint density at radius 1 is 0.722 bits per heavy atom. The summed E-state index contributed by atoms with van der Waals surface area (Å²) >= 11 is 0. The zero-order valence-electron chi connectivity index (χ0n) is 19.7. The Hall–Kier alpha value is -0.860. The molecule has 0 aromatic carbocycles. The molecule has 0 radical (unpaired) electrons. The van der Waals surface area contributed by atoms with Crippen molar-refractivity contribution in [2.45, 2.75) is 99.0 Å². The number of aliphatic hydroxyl groups is 8. The first-order valence-electron chi connectivity index (χ1n) is 11.6. The van der Waals surface area contributed by atoms with E-state index in [4.69, 9.17) is 34.2 Å². The molecule has 3 heterocycles. The number of aliphatic hydroxyl groups excluding tert-OH is 8. The fraction of sp³-hybridized carbons (Fsp3) is 0.905. The van der Waals surface area contributed by atoms with Crippen molar-refractivity contribution in [2.75, 3.05) is 19.8 Å². The third kappa shape index (κ3) is 6.06. The van der Waals surface area contributed by atoms with Crippen molar-refractivity contribution < 1.29 is 69.3 Å². The Morgan fingerprint density at radius 3 is 1.83 bits per heavy atom. The third-order valence-electron chi connectivity index (χ3n) is 6.49. The summed E-state index contributed by atoms with van der Waals surface area (Å²) in [4.78, 5) is 0. The van der Waals surface area contributed by atoms with E-state index in [0.29, 0.717) is 0 Å². The first kappa shape index (κ1) is 29.7. The predicted octanol–water partition coefficient (Wildman–Crippen LogP) is -5.37. The maximum absolute atomic E-state index is 10.4. The van der Waals surface area contributed by atoms with Crippen LogP contribution in [-0.4, -0.2) is 153 Å². The van der Waals surface area contributed by atoms with Crippen molar-refractivity contribution in [2.24, 2.45) is 5.73 Å². The summed E-state index contributed by atoms with van der Waals surface area (Å²) in [6, 6.07) is -1.15. The lowest BCUT2D eigenvalue weighted by Gasteiger charge is -2.49. The summed E-state index contributed by atoms with van der Waals surface area (Å²) in [6.45, 7) is 3.66. The predicted molar refractivity (Wildman–Crippen MR) is 116 cm³/mol. The smallest absolute Gasteiger partial charge is 0.187 e. The molecule has 10 N–H and O–H groups in total. The minimum atomic E-state index is -1.78. The molecule has 0 saturated carbocycles. The van der Waals surface area contributed by atoms with Crippen LogP contribution in [0.2, 0.25) is 0 Å². The van der Waals surface area contributed by atoms with Gasteiger partial charge in [0.15, 0.2) is 18.9 Å². The first-order valence-corrected chi connectivity index (χ1v) is 11.6. The van der Waals surface area contributed by atoms with Crippen LogP contribution < -0.4 is 5.73 Å². The van der Waals surface area contributed by atoms with Crippen LogP contribution in [0.3, 0.4) is 0 Å². The number of hydrogen-bond acceptors (Lipinski definition) is 15. The highest BCUT2D eigenvalue weighted by Gasteiger charge is 2.53. The van der Waals surface area contributed by atoms with Crippen LogP contribution in [0, 0.1) is 0 Å². The molecule has 0 aliphatic carbocycles. The van der Waals surface area contributed by atoms with Gasteiger partial charge in [-0.1, -0.05) is 6.08 Å². The number of ether oxygens (including phenoxy) is 6. The molecule has 36 heavy (non-hydrogen) atoms. The van der Waals surface area contributed by atoms with Crippen molar-refractivity contribution in [1.82, 2.24) is 0 Å². The number of rotatable bonds is 9. The number of hydrogen-bond donors (Lipinski definition) is 9. The van der Waals surface area contributed by atoms with Gasteiger partial charge in [-0.05, 0) is 6.92 Å². The zero-order valence-corrected chi connectivity index (χ0v) is 19.7. The maximum atomic E-state index is 10.4. The Labute approximate surface area is 207 Å². The molecule has 15 atom stereocenters. The summed E-state index contributed by atoms with van der Waals surface area (Å²) in [5.74, 6) is 0. The fourth-order valence-corrected chi connectivity index (χ4v) is 4.33. The number of nitrogens with two attached hydrogens (primary N) is 1. The highest BCUT2D eigenvalue weighted by molar-refractivity contribution is 4.98. The molecule has 3 aliphatic rings. The molecule has 3 aliphatic heterocycles. The summed E-state index contributed by atoms with van der Waals surface area (Å²) in [7, 11) is 0. The van der Waals surface area contributed by atoms with Crippen LogP contribution in [0.5, 0.6) is 0 Å². The summed E-state index contributed by atoms with van der Waals surface area (Å²) < 4.78 is 33.8. The molecule has 3 fully saturated rings. The van der Waals surface area contributed by atoms with E-state index in [9.17, 15) is 40.9 Å². The maximum Gasteiger partial charge on any atom is 0.187 e. The molecule has 9 unspecified atom stereocenters. The van der Waals surface area contributed by atoms with Gasteiger partial charge in [0.25, 0.3) is 0 Å². The Morgan fingerprint density at radius 2 is 1.25 bits per heavy atom. The molecule has 0 bridgehead atoms. The normalized spacial score (nSPS) is 50.1. The van der Waals surface area contributed by atoms with Crippen molar-refractivity contribution in [3.05, 3.63) is 12.7 Å². The molecule has 3 saturated heterocycles. The third-order valence-corrected chi connectivity index (χ3v) is 6.49. The summed E-state index contributed by atoms with van der Waals surface area (Å²) in [5.41, 5.74) is 6.32. The lowest BCUT2D eigenvalue weighted by atomic mass is 9.95. The molecule has 15 heteroatoms. The Bertz CT molecular complexity index is 702. The largest absolute Gasteiger partial charge is 0.394 e. The summed E-state index contributed by atoms with van der Waals surface area (Å²) in [5, 5.41) is 80.6. The average molecular weight is 528 g/mol. The van der Waals surface area contributed by atoms with Gasteiger partial charge in [-0.3, -0.25) is 0 Å². The fourth-order valence-electron chi connectivity index (χ4n) is 4.33. The highest BCUT2D eigenvalue weighted by Crippen LogP contribution is 2.33. The lowest BCUT2D eigenvalue weighted by molar-refractivity contribution is -0.371. The van der Waals surface area contributed by atoms with E-state index in [1.807, 2.05) is 0 Å². The molecular formula is C21H37NO14. The van der Waals surface area contributed by atoms with Crippen LogP contribution in [0.15, 0.2) is 12.7 Å². The minimum Gasteiger partial charge on any atom is -0.394 e. The summed E-state index contributed by atoms with van der Waals surface area (Å²) in [6.07, 6.45) is -18.8. The first-order chi connectivity index (χ1) is 17.0. The van der Waals surface area contributed by atoms with E-state index < -0.39 is 105 Å². The second-order valence-corrected chi connectivity index (χ2v) is 9.00. The van der Waals surface area contributed by atoms with Crippen LogP contribution in [0.1, 0.15) is 6.92 Å². The van der Waals surface area contributed by atoms with E-state index in [1.165, 1.54) is 13.0 Å². The molecule has 210 valence electrons. The molecular weight excluding hydrogens is 490 g/mol. The average Bonchev–Trinajstić information content (AvgIpc) is 2.87. The molecule has 0 spiro atoms. The second kappa shape index (κ2) is 12.8. The van der Waals surface area contributed by atoms with Crippen LogP contribution in [0.25, 0.3) is 0 Å². The van der Waals surface area contributed by atoms with E-state index in [-0.39, 0.29) is 6.61 Å². The van der Waals surface area contributed by atoms with Crippen molar-refractivity contribution in [3.8, 4) is 0 Å². The van der Waals surface area contributed by atoms with Gasteiger partial charge in [-0.25, -0.2) is 0 Å². The van der Waals surface area contributed by atoms with E-state index in [2.05, 4.69) is 6.58 Å². The van der Waals surface area contributed by atoms with E-state index in [0.717, 1.165) is 0 Å². The molecule has 3 rings (SSSR count). The van der Waals surface area contributed by atoms with Crippen molar-refractivity contribution in [1.29, 1.82) is 0 Å². The quantitative estimate of drug-likeness (QED) is 0.127. The van der Waals surface area contributed by atoms with Crippen LogP contribution >= 0.6 is 0 Å². The molecule has 15 nitrogen and oxygen atoms in total. The Balaban J connectivity index is 1.88. The van der Waals surface area contributed by atoms with Gasteiger partial charge in [-0.15, -0.1) is 6.58 Å². The van der Waals surface area contributed by atoms with Crippen molar-refractivity contribution >= 4 is 0 Å². The van der Waals surface area contributed by atoms with Gasteiger partial charge in [0.1, 0.15) is 61.0 Å². The molecule has 0 aromatic rings. The van der Waals surface area contributed by atoms with Crippen molar-refractivity contribution in [3.63, 3.8) is 0 Å². The monoisotopic (exact) mass is 527 g/mol. The van der Waals surface area contributed by atoms with Gasteiger partial charge >= 0.3 is 0 Å². The SMILES string of the molecule is C=CCO[C@@H]1OC(CO)[C@H](O[C@@H]2OC(CO)[C@H](O)C(O)C2O)C(O[C@@H]2OC(C)[C@H](O)C(O)C2O)C1N. The van der Waals surface area contributed by atoms with Crippen LogP contribution in [0.4, 0.5) is 0 Å². The highest BCUT2D eigenvalue weighted by atomic mass is 16.8. The van der Waals surface area contributed by atoms with E-state index >= 15 is 0 Å². The second-order valence-electron chi connectivity index (χ2n) is 9.00. The Kier molecular flexibility index (Phi) is 10.6. The minimum absolute atomic E-state index is 0.0198. The topological polar surface area (TPSA) is 243 Å². The van der Waals surface area contributed by atoms with E-state index in [1.54, 1.807) is 0 Å². The van der Waals surface area contributed by atoms with Gasteiger partial charge in [0.2, 0.25) is 0 Å². The van der Waals surface area contributed by atoms with Gasteiger partial charge < -0.3 is 75.0 Å². The van der Waals surface area contributed by atoms with Gasteiger partial charge in [-0.2, -0.15) is 0 Å². The van der Waals surface area contributed by atoms with Crippen LogP contribution in [-0.2, 0) is 28.4 Å². The van der Waals surface area contributed by atoms with Gasteiger partial charge in [0, 0.05) is 0 Å². The van der Waals surface area contributed by atoms with Gasteiger partial charge in [0.05, 0.1) is 32.0 Å². The lowest BCUT2D eigenvalue weighted by Crippen LogP contribution is -2.68. The standard InChI is InChI=1S/C21H37NO14/c1-3-4-31-19-10(22)18(36-20-15(29)13(27)11(25)7(2)32-20)17(9(6-24)34-19)35-21-16(30)14(28)12(26)8(5-23)33-21/h3,7-21,23-30H,1,4-6,22H2,2H3/t7?,8?,9?,10?,11-,12-,13?,14?,15?,16?,17-,18?,19+,20-,21-/m0/s1. The molecule has 0 amide bonds. The molecule has 0 aromatic heterocycles. The zero-order chi connectivity index (χ0) is 26.7.